The van der Waals surface area contributed by atoms with Crippen molar-refractivity contribution in [3.8, 4) is 0 Å². The van der Waals surface area contributed by atoms with Crippen molar-refractivity contribution in [1.82, 2.24) is 4.57 Å². The average Bonchev–Trinajstić information content (AvgIpc) is 3.11. The summed E-state index contributed by atoms with van der Waals surface area (Å²) in [5, 5.41) is 2.04. The molecule has 1 aromatic heterocycles. The van der Waals surface area contributed by atoms with Gasteiger partial charge in [0.05, 0.1) is 10.4 Å². The highest BCUT2D eigenvalue weighted by Gasteiger charge is 2.23. The van der Waals surface area contributed by atoms with Crippen molar-refractivity contribution in [1.29, 1.82) is 0 Å². The summed E-state index contributed by atoms with van der Waals surface area (Å²) in [6, 6.07) is 10.5. The first-order chi connectivity index (χ1) is 15.0. The number of aryl methyl sites for hydroxylation is 1. The molecule has 0 spiro atoms. The Morgan fingerprint density at radius 1 is 0.839 bits per heavy atom. The molecule has 0 saturated heterocycles. The molecule has 4 nitrogen and oxygen atoms in total. The van der Waals surface area contributed by atoms with Gasteiger partial charge in [-0.05, 0) is 79.8 Å². The minimum Gasteiger partial charge on any atom is -0.744 e. The third kappa shape index (κ3) is 3.80. The Hall–Kier alpha value is -1.85. The highest BCUT2D eigenvalue weighted by Crippen LogP contribution is 2.41. The van der Waals surface area contributed by atoms with Gasteiger partial charge < -0.3 is 9.12 Å². The zero-order valence-corrected chi connectivity index (χ0v) is 19.2. The van der Waals surface area contributed by atoms with E-state index < -0.39 is 10.1 Å². The molecular weight excluding hydrogens is 406 g/mol. The SMILES string of the molecule is CCn1c2ccc(C3CCCCC3)cc2c2cc(C3CCCCC3)cc(S(=O)(=O)[O-])c21. The van der Waals surface area contributed by atoms with E-state index in [1.165, 1.54) is 56.9 Å². The number of fused-ring (bicyclic) bond motifs is 3. The normalized spacial score (nSPS) is 19.4. The van der Waals surface area contributed by atoms with Gasteiger partial charge in [0.15, 0.2) is 0 Å². The van der Waals surface area contributed by atoms with E-state index in [-0.39, 0.29) is 4.90 Å². The Morgan fingerprint density at radius 3 is 2.00 bits per heavy atom. The maximum atomic E-state index is 12.4. The summed E-state index contributed by atoms with van der Waals surface area (Å²) in [7, 11) is -4.57. The molecule has 2 saturated carbocycles. The maximum absolute atomic E-state index is 12.4. The molecule has 166 valence electrons. The van der Waals surface area contributed by atoms with Crippen LogP contribution in [0.5, 0.6) is 0 Å². The highest BCUT2D eigenvalue weighted by molar-refractivity contribution is 7.86. The van der Waals surface area contributed by atoms with Crippen molar-refractivity contribution >= 4 is 31.9 Å². The largest absolute Gasteiger partial charge is 0.744 e. The number of nitrogens with zero attached hydrogens (tertiary/aromatic N) is 1. The van der Waals surface area contributed by atoms with Crippen LogP contribution < -0.4 is 0 Å². The van der Waals surface area contributed by atoms with E-state index in [9.17, 15) is 13.0 Å². The zero-order valence-electron chi connectivity index (χ0n) is 18.4. The molecule has 5 rings (SSSR count). The summed E-state index contributed by atoms with van der Waals surface area (Å²) < 4.78 is 39.1. The maximum Gasteiger partial charge on any atom is 0.126 e. The van der Waals surface area contributed by atoms with Crippen LogP contribution in [0.2, 0.25) is 0 Å². The minimum atomic E-state index is -4.57. The summed E-state index contributed by atoms with van der Waals surface area (Å²) in [5.41, 5.74) is 4.01. The molecule has 0 bridgehead atoms. The molecule has 31 heavy (non-hydrogen) atoms. The fraction of sp³-hybridized carbons (Fsp3) is 0.538. The van der Waals surface area contributed by atoms with Crippen molar-refractivity contribution in [3.05, 3.63) is 41.5 Å². The summed E-state index contributed by atoms with van der Waals surface area (Å²) in [6.45, 7) is 2.65. The third-order valence-corrected chi connectivity index (χ3v) is 8.56. The molecule has 2 aromatic carbocycles. The smallest absolute Gasteiger partial charge is 0.126 e. The van der Waals surface area contributed by atoms with Gasteiger partial charge in [0.1, 0.15) is 10.1 Å². The van der Waals surface area contributed by atoms with Crippen LogP contribution >= 0.6 is 0 Å². The van der Waals surface area contributed by atoms with Gasteiger partial charge >= 0.3 is 0 Å². The highest BCUT2D eigenvalue weighted by atomic mass is 32.2. The summed E-state index contributed by atoms with van der Waals surface area (Å²) in [6.07, 6.45) is 12.1. The van der Waals surface area contributed by atoms with Gasteiger partial charge in [-0.1, -0.05) is 44.6 Å². The quantitative estimate of drug-likeness (QED) is 0.420. The zero-order chi connectivity index (χ0) is 21.6. The summed E-state index contributed by atoms with van der Waals surface area (Å²) in [5.74, 6) is 0.933. The molecule has 0 radical (unpaired) electrons. The number of rotatable bonds is 4. The fourth-order valence-electron chi connectivity index (χ4n) is 6.12. The monoisotopic (exact) mass is 438 g/mol. The lowest BCUT2D eigenvalue weighted by Crippen LogP contribution is -2.08. The van der Waals surface area contributed by atoms with Crippen LogP contribution in [0.3, 0.4) is 0 Å². The lowest BCUT2D eigenvalue weighted by Gasteiger charge is -2.23. The molecule has 2 aliphatic rings. The predicted molar refractivity (Wildman–Crippen MR) is 125 cm³/mol. The second kappa shape index (κ2) is 8.25. The van der Waals surface area contributed by atoms with Crippen molar-refractivity contribution in [2.45, 2.75) is 94.4 Å². The Labute approximate surface area is 185 Å². The molecule has 2 aliphatic carbocycles. The van der Waals surface area contributed by atoms with Crippen LogP contribution in [0.4, 0.5) is 0 Å². The topological polar surface area (TPSA) is 62.1 Å². The Balaban J connectivity index is 1.78. The van der Waals surface area contributed by atoms with E-state index in [4.69, 9.17) is 0 Å². The van der Waals surface area contributed by atoms with E-state index in [0.717, 1.165) is 34.7 Å². The lowest BCUT2D eigenvalue weighted by molar-refractivity contribution is 0.442. The second-order valence-corrected chi connectivity index (χ2v) is 10.9. The van der Waals surface area contributed by atoms with E-state index in [1.54, 1.807) is 6.07 Å². The number of benzene rings is 2. The molecule has 1 heterocycles. The van der Waals surface area contributed by atoms with Gasteiger partial charge in [-0.25, -0.2) is 8.42 Å². The van der Waals surface area contributed by atoms with E-state index in [0.29, 0.717) is 23.9 Å². The van der Waals surface area contributed by atoms with Crippen LogP contribution in [-0.4, -0.2) is 17.5 Å². The van der Waals surface area contributed by atoms with Crippen LogP contribution in [0.15, 0.2) is 35.2 Å². The molecular formula is C26H32NO3S-. The first kappa shape index (κ1) is 21.0. The summed E-state index contributed by atoms with van der Waals surface area (Å²) in [4.78, 5) is -0.0390. The van der Waals surface area contributed by atoms with E-state index in [2.05, 4.69) is 24.3 Å². The summed E-state index contributed by atoms with van der Waals surface area (Å²) >= 11 is 0. The predicted octanol–water partition coefficient (Wildman–Crippen LogP) is 6.81. The molecule has 2 fully saturated rings. The van der Waals surface area contributed by atoms with Crippen LogP contribution in [0.25, 0.3) is 21.8 Å². The van der Waals surface area contributed by atoms with Gasteiger partial charge in [-0.15, -0.1) is 0 Å². The molecule has 3 aromatic rings. The van der Waals surface area contributed by atoms with Crippen LogP contribution in [0.1, 0.15) is 94.1 Å². The molecule has 0 amide bonds. The molecule has 0 atom stereocenters. The second-order valence-electron chi connectivity index (χ2n) is 9.56. The van der Waals surface area contributed by atoms with Gasteiger partial charge in [0, 0.05) is 22.8 Å². The molecule has 0 aliphatic heterocycles. The minimum absolute atomic E-state index is 0.0390. The van der Waals surface area contributed by atoms with E-state index in [1.807, 2.05) is 11.5 Å². The van der Waals surface area contributed by atoms with Crippen molar-refractivity contribution < 1.29 is 13.0 Å². The standard InChI is InChI=1S/C26H33NO3S/c1-2-27-24-14-13-20(18-9-5-3-6-10-18)15-22(24)23-16-21(19-11-7-4-8-12-19)17-25(26(23)27)31(28,29)30/h13-19H,2-12H2,1H3,(H,28,29,30)/p-1. The van der Waals surface area contributed by atoms with Crippen LogP contribution in [-0.2, 0) is 16.7 Å². The van der Waals surface area contributed by atoms with Crippen molar-refractivity contribution in [2.24, 2.45) is 0 Å². The third-order valence-electron chi connectivity index (χ3n) is 7.71. The Kier molecular flexibility index (Phi) is 5.59. The Morgan fingerprint density at radius 2 is 1.42 bits per heavy atom. The number of hydrogen-bond donors (Lipinski definition) is 0. The first-order valence-electron chi connectivity index (χ1n) is 12.0. The fourth-order valence-corrected chi connectivity index (χ4v) is 6.86. The molecule has 0 N–H and O–H groups in total. The van der Waals surface area contributed by atoms with Gasteiger partial charge in [0.2, 0.25) is 0 Å². The average molecular weight is 439 g/mol. The number of aromatic nitrogens is 1. The van der Waals surface area contributed by atoms with Gasteiger partial charge in [0.25, 0.3) is 0 Å². The molecule has 0 unspecified atom stereocenters. The first-order valence-corrected chi connectivity index (χ1v) is 13.4. The van der Waals surface area contributed by atoms with Crippen LogP contribution in [0, 0.1) is 0 Å². The Bertz CT molecular complexity index is 1210. The van der Waals surface area contributed by atoms with Crippen molar-refractivity contribution in [2.75, 3.05) is 0 Å². The van der Waals surface area contributed by atoms with Gasteiger partial charge in [-0.2, -0.15) is 0 Å². The molecule has 5 heteroatoms. The lowest BCUT2D eigenvalue weighted by atomic mass is 9.83. The van der Waals surface area contributed by atoms with E-state index >= 15 is 0 Å². The van der Waals surface area contributed by atoms with Gasteiger partial charge in [-0.3, -0.25) is 0 Å². The number of hydrogen-bond acceptors (Lipinski definition) is 3. The van der Waals surface area contributed by atoms with Crippen molar-refractivity contribution in [3.63, 3.8) is 0 Å².